The lowest BCUT2D eigenvalue weighted by Gasteiger charge is -2.66. The Hall–Kier alpha value is -1.16. The van der Waals surface area contributed by atoms with Gasteiger partial charge in [0, 0.05) is 12.1 Å². The molecule has 31 heavy (non-hydrogen) atoms. The number of hydrogen-bond acceptors (Lipinski definition) is 3. The molecule has 0 radical (unpaired) electrons. The maximum absolute atomic E-state index is 13.4. The van der Waals surface area contributed by atoms with Crippen LogP contribution in [0.15, 0.2) is 12.4 Å². The first-order valence-electron chi connectivity index (χ1n) is 12.7. The van der Waals surface area contributed by atoms with Crippen molar-refractivity contribution in [2.24, 2.45) is 39.9 Å². The highest BCUT2D eigenvalue weighted by atomic mass is 16.3. The highest BCUT2D eigenvalue weighted by molar-refractivity contribution is 5.82. The van der Waals surface area contributed by atoms with Crippen molar-refractivity contribution in [3.05, 3.63) is 18.0 Å². The van der Waals surface area contributed by atoms with Crippen molar-refractivity contribution >= 4 is 5.78 Å². The van der Waals surface area contributed by atoms with Crippen LogP contribution in [0.1, 0.15) is 91.0 Å². The first kappa shape index (κ1) is 21.7. The molecular formula is C27H42N2O2. The van der Waals surface area contributed by atoms with Crippen LogP contribution in [0.3, 0.4) is 0 Å². The highest BCUT2D eigenvalue weighted by Gasteiger charge is 2.66. The van der Waals surface area contributed by atoms with Crippen LogP contribution < -0.4 is 0 Å². The maximum Gasteiger partial charge on any atom is 0.157 e. The Morgan fingerprint density at radius 3 is 2.42 bits per heavy atom. The van der Waals surface area contributed by atoms with Crippen LogP contribution in [0, 0.1) is 46.8 Å². The Balaban J connectivity index is 1.39. The van der Waals surface area contributed by atoms with Gasteiger partial charge in [-0.25, -0.2) is 0 Å². The molecule has 4 nitrogen and oxygen atoms in total. The number of aromatic nitrogens is 2. The molecule has 0 aliphatic heterocycles. The zero-order valence-electron chi connectivity index (χ0n) is 20.3. The Morgan fingerprint density at radius 2 is 1.71 bits per heavy atom. The molecule has 4 saturated carbocycles. The Bertz CT molecular complexity index is 874. The molecule has 0 aromatic carbocycles. The highest BCUT2D eigenvalue weighted by Crippen LogP contribution is 2.72. The fourth-order valence-electron chi connectivity index (χ4n) is 9.46. The van der Waals surface area contributed by atoms with Gasteiger partial charge in [-0.05, 0) is 111 Å². The molecule has 0 amide bonds. The van der Waals surface area contributed by atoms with Gasteiger partial charge in [-0.2, -0.15) is 5.10 Å². The molecule has 4 aliphatic rings. The van der Waals surface area contributed by atoms with Crippen molar-refractivity contribution in [3.63, 3.8) is 0 Å². The summed E-state index contributed by atoms with van der Waals surface area (Å²) in [5.41, 5.74) is 1.46. The van der Waals surface area contributed by atoms with Gasteiger partial charge in [0.1, 0.15) is 0 Å². The van der Waals surface area contributed by atoms with E-state index in [1.54, 1.807) is 0 Å². The number of carbonyl (C=O) groups excluding carboxylic acids is 1. The van der Waals surface area contributed by atoms with Gasteiger partial charge >= 0.3 is 0 Å². The number of Topliss-reactive ketones (excluding diaryl/α,β-unsaturated/α-hetero) is 1. The summed E-state index contributed by atoms with van der Waals surface area (Å²) in [6, 6.07) is 0. The van der Waals surface area contributed by atoms with Crippen molar-refractivity contribution in [2.75, 3.05) is 0 Å². The average molecular weight is 427 g/mol. The fraction of sp³-hybridized carbons (Fsp3) is 0.852. The number of ketones is 1. The summed E-state index contributed by atoms with van der Waals surface area (Å²) in [5.74, 6) is 2.60. The zero-order chi connectivity index (χ0) is 22.2. The van der Waals surface area contributed by atoms with E-state index in [-0.39, 0.29) is 11.3 Å². The summed E-state index contributed by atoms with van der Waals surface area (Å²) in [7, 11) is 0. The molecule has 1 aromatic rings. The molecule has 0 unspecified atom stereocenters. The van der Waals surface area contributed by atoms with E-state index >= 15 is 0 Å². The van der Waals surface area contributed by atoms with E-state index in [1.807, 2.05) is 30.9 Å². The van der Waals surface area contributed by atoms with Crippen LogP contribution in [0.2, 0.25) is 0 Å². The first-order chi connectivity index (χ1) is 14.5. The second-order valence-corrected chi connectivity index (χ2v) is 12.9. The van der Waals surface area contributed by atoms with E-state index in [0.29, 0.717) is 35.0 Å². The topological polar surface area (TPSA) is 55.1 Å². The molecule has 0 bridgehead atoms. The molecule has 8 atom stereocenters. The third-order valence-electron chi connectivity index (χ3n) is 11.0. The summed E-state index contributed by atoms with van der Waals surface area (Å²) in [5, 5.41) is 15.1. The summed E-state index contributed by atoms with van der Waals surface area (Å²) in [6.45, 7) is 12.1. The molecule has 4 heteroatoms. The molecule has 0 saturated heterocycles. The number of rotatable bonds is 3. The summed E-state index contributed by atoms with van der Waals surface area (Å²) in [4.78, 5) is 13.4. The fourth-order valence-corrected chi connectivity index (χ4v) is 9.46. The average Bonchev–Trinajstić information content (AvgIpc) is 3.25. The molecule has 5 rings (SSSR count). The van der Waals surface area contributed by atoms with E-state index in [1.165, 1.54) is 32.1 Å². The van der Waals surface area contributed by atoms with Gasteiger partial charge in [-0.1, -0.05) is 20.8 Å². The van der Waals surface area contributed by atoms with Crippen molar-refractivity contribution in [1.82, 2.24) is 9.78 Å². The third kappa shape index (κ3) is 3.18. The predicted octanol–water partition coefficient (Wildman–Crippen LogP) is 5.56. The quantitative estimate of drug-likeness (QED) is 0.688. The molecule has 4 fully saturated rings. The monoisotopic (exact) mass is 426 g/mol. The number of carbonyl (C=O) groups is 1. The van der Waals surface area contributed by atoms with Gasteiger partial charge < -0.3 is 5.11 Å². The zero-order valence-corrected chi connectivity index (χ0v) is 20.3. The van der Waals surface area contributed by atoms with Crippen LogP contribution in [0.25, 0.3) is 0 Å². The van der Waals surface area contributed by atoms with Crippen LogP contribution in [0.4, 0.5) is 0 Å². The summed E-state index contributed by atoms with van der Waals surface area (Å²) in [6.07, 6.45) is 14.1. The third-order valence-corrected chi connectivity index (χ3v) is 11.0. The number of fused-ring (bicyclic) bond motifs is 5. The lowest BCUT2D eigenvalue weighted by molar-refractivity contribution is -0.186. The normalized spacial score (nSPS) is 49.2. The predicted molar refractivity (Wildman–Crippen MR) is 122 cm³/mol. The number of nitrogens with zero attached hydrogens (tertiary/aromatic N) is 2. The van der Waals surface area contributed by atoms with E-state index in [2.05, 4.69) is 25.9 Å². The molecule has 1 N–H and O–H groups in total. The lowest BCUT2D eigenvalue weighted by Crippen LogP contribution is -2.60. The van der Waals surface area contributed by atoms with Gasteiger partial charge in [0.15, 0.2) is 5.78 Å². The van der Waals surface area contributed by atoms with E-state index in [4.69, 9.17) is 0 Å². The van der Waals surface area contributed by atoms with Crippen molar-refractivity contribution < 1.29 is 9.90 Å². The minimum atomic E-state index is -0.475. The van der Waals surface area contributed by atoms with Crippen LogP contribution >= 0.6 is 0 Å². The molecule has 1 aromatic heterocycles. The molecule has 172 valence electrons. The maximum atomic E-state index is 13.4. The van der Waals surface area contributed by atoms with Crippen molar-refractivity contribution in [1.29, 1.82) is 0 Å². The van der Waals surface area contributed by atoms with Crippen LogP contribution in [-0.2, 0) is 11.3 Å². The molecule has 4 aliphatic carbocycles. The summed E-state index contributed by atoms with van der Waals surface area (Å²) < 4.78 is 1.84. The van der Waals surface area contributed by atoms with Crippen LogP contribution in [0.5, 0.6) is 0 Å². The minimum absolute atomic E-state index is 0.133. The lowest BCUT2D eigenvalue weighted by atomic mass is 9.39. The molecular weight excluding hydrogens is 384 g/mol. The number of aliphatic hydroxyl groups is 1. The summed E-state index contributed by atoms with van der Waals surface area (Å²) >= 11 is 0. The molecule has 1 heterocycles. The Morgan fingerprint density at radius 1 is 1.00 bits per heavy atom. The van der Waals surface area contributed by atoms with Gasteiger partial charge in [0.2, 0.25) is 0 Å². The number of hydrogen-bond donors (Lipinski definition) is 1. The van der Waals surface area contributed by atoms with Gasteiger partial charge in [0.05, 0.1) is 18.3 Å². The SMILES string of the molecule is Cc1cnn(CC(=O)[C@H]2CC[C@H]3[C@]4(C)CC[C@H]5C[C@](C)(O)CC[C@]5(C)[C@H]4CC[C@@]32C)c1. The van der Waals surface area contributed by atoms with Gasteiger partial charge in [0.25, 0.3) is 0 Å². The van der Waals surface area contributed by atoms with Gasteiger partial charge in [-0.3, -0.25) is 9.48 Å². The van der Waals surface area contributed by atoms with E-state index in [0.717, 1.165) is 37.2 Å². The second-order valence-electron chi connectivity index (χ2n) is 12.9. The Kier molecular flexibility index (Phi) is 4.84. The van der Waals surface area contributed by atoms with E-state index in [9.17, 15) is 9.90 Å². The minimum Gasteiger partial charge on any atom is -0.390 e. The Labute approximate surface area is 188 Å². The van der Waals surface area contributed by atoms with Crippen molar-refractivity contribution in [2.45, 2.75) is 105 Å². The molecule has 0 spiro atoms. The largest absolute Gasteiger partial charge is 0.390 e. The van der Waals surface area contributed by atoms with Crippen LogP contribution in [-0.4, -0.2) is 26.3 Å². The standard InChI is InChI=1S/C27H42N2O2/c1-18-15-28-29(16-18)17-21(30)20-6-7-22-26(20,4)11-9-23-25(3)13-12-24(2,31)14-19(25)8-10-27(22,23)5/h15-16,19-20,22-23,31H,6-14,17H2,1-5H3/t19-,20+,22+,23+,24+,25-,26+,27-/m0/s1. The number of aryl methyl sites for hydroxylation is 1. The van der Waals surface area contributed by atoms with Gasteiger partial charge in [-0.15, -0.1) is 0 Å². The second kappa shape index (κ2) is 6.92. The van der Waals surface area contributed by atoms with Crippen molar-refractivity contribution in [3.8, 4) is 0 Å². The first-order valence-corrected chi connectivity index (χ1v) is 12.7. The smallest absolute Gasteiger partial charge is 0.157 e. The van der Waals surface area contributed by atoms with E-state index < -0.39 is 5.60 Å².